The third-order valence-electron chi connectivity index (χ3n) is 3.36. The topological polar surface area (TPSA) is 26.3 Å². The molecule has 20 heavy (non-hydrogen) atoms. The van der Waals surface area contributed by atoms with E-state index in [1.807, 2.05) is 0 Å². The van der Waals surface area contributed by atoms with Crippen LogP contribution in [0.3, 0.4) is 0 Å². The fourth-order valence-electron chi connectivity index (χ4n) is 2.54. The Kier molecular flexibility index (Phi) is 7.01. The smallest absolute Gasteiger partial charge is 0.144 e. The molecular formula is C16H36O2P2. The Balaban J connectivity index is 5.75. The summed E-state index contributed by atoms with van der Waals surface area (Å²) in [4.78, 5) is 0. The van der Waals surface area contributed by atoms with E-state index in [0.29, 0.717) is 0 Å². The molecule has 0 saturated carbocycles. The Morgan fingerprint density at radius 2 is 1.30 bits per heavy atom. The third kappa shape index (κ3) is 4.56. The maximum Gasteiger partial charge on any atom is 0.144 e. The van der Waals surface area contributed by atoms with Gasteiger partial charge in [0.2, 0.25) is 0 Å². The summed E-state index contributed by atoms with van der Waals surface area (Å²) in [6.45, 7) is 19.6. The zero-order valence-corrected chi connectivity index (χ0v) is 17.1. The number of hydrogen-bond acceptors (Lipinski definition) is 2. The molecule has 1 atom stereocenters. The zero-order valence-electron chi connectivity index (χ0n) is 15.3. The second-order valence-electron chi connectivity index (χ2n) is 8.55. The highest BCUT2D eigenvalue weighted by atomic mass is 32.1. The van der Waals surface area contributed by atoms with Crippen LogP contribution in [0.25, 0.3) is 0 Å². The summed E-state index contributed by atoms with van der Waals surface area (Å²) in [5.41, 5.74) is 0. The second-order valence-corrected chi connectivity index (χ2v) is 17.3. The standard InChI is InChI=1S/C16H36O2P2/c1-11-12-13-18-19(14(2,3)4)20(17,15(5,6)7)16(8,9)10/h11-13H2,1-10H3. The Morgan fingerprint density at radius 1 is 0.900 bits per heavy atom. The van der Waals surface area contributed by atoms with Gasteiger partial charge in [0.1, 0.15) is 6.83 Å². The first-order chi connectivity index (χ1) is 8.69. The van der Waals surface area contributed by atoms with Crippen molar-refractivity contribution in [3.8, 4) is 0 Å². The van der Waals surface area contributed by atoms with Crippen LogP contribution in [-0.2, 0) is 9.09 Å². The van der Waals surface area contributed by atoms with Crippen molar-refractivity contribution in [1.29, 1.82) is 0 Å². The summed E-state index contributed by atoms with van der Waals surface area (Å²) in [6, 6.07) is 0. The molecule has 0 rings (SSSR count). The van der Waals surface area contributed by atoms with Crippen molar-refractivity contribution in [1.82, 2.24) is 0 Å². The van der Waals surface area contributed by atoms with E-state index in [9.17, 15) is 4.57 Å². The van der Waals surface area contributed by atoms with Crippen LogP contribution in [0.15, 0.2) is 0 Å². The van der Waals surface area contributed by atoms with Gasteiger partial charge >= 0.3 is 0 Å². The lowest BCUT2D eigenvalue weighted by molar-refractivity contribution is 0.336. The summed E-state index contributed by atoms with van der Waals surface area (Å²) in [6.07, 6.45) is 2.16. The predicted octanol–water partition coefficient (Wildman–Crippen LogP) is 6.87. The van der Waals surface area contributed by atoms with Gasteiger partial charge in [-0.2, -0.15) is 0 Å². The van der Waals surface area contributed by atoms with Gasteiger partial charge in [0.15, 0.2) is 0 Å². The summed E-state index contributed by atoms with van der Waals surface area (Å²) in [7, 11) is -0.979. The maximum absolute atomic E-state index is 14.1. The van der Waals surface area contributed by atoms with Gasteiger partial charge in [0, 0.05) is 15.5 Å². The summed E-state index contributed by atoms with van der Waals surface area (Å²) >= 11 is 0. The van der Waals surface area contributed by atoms with E-state index in [4.69, 9.17) is 4.52 Å². The van der Waals surface area contributed by atoms with Crippen LogP contribution in [0, 0.1) is 0 Å². The Hall–Kier alpha value is 0.620. The van der Waals surface area contributed by atoms with Crippen LogP contribution in [-0.4, -0.2) is 22.1 Å². The monoisotopic (exact) mass is 322 g/mol. The fraction of sp³-hybridized carbons (Fsp3) is 1.00. The van der Waals surface area contributed by atoms with Gasteiger partial charge in [-0.25, -0.2) is 0 Å². The van der Waals surface area contributed by atoms with E-state index < -0.39 is 14.7 Å². The van der Waals surface area contributed by atoms with Gasteiger partial charge in [0.25, 0.3) is 0 Å². The normalized spacial score (nSPS) is 16.3. The van der Waals surface area contributed by atoms with Crippen LogP contribution in [0.4, 0.5) is 0 Å². The van der Waals surface area contributed by atoms with Crippen molar-refractivity contribution < 1.29 is 9.09 Å². The highest BCUT2D eigenvalue weighted by molar-refractivity contribution is 8.32. The minimum absolute atomic E-state index is 0.0564. The summed E-state index contributed by atoms with van der Waals surface area (Å²) < 4.78 is 20.4. The van der Waals surface area contributed by atoms with Crippen molar-refractivity contribution in [2.45, 2.75) is 97.5 Å². The maximum atomic E-state index is 14.1. The average Bonchev–Trinajstić information content (AvgIpc) is 2.18. The van der Waals surface area contributed by atoms with Crippen LogP contribution < -0.4 is 0 Å². The molecule has 0 heterocycles. The number of hydrogen-bond donors (Lipinski definition) is 0. The first-order valence-electron chi connectivity index (χ1n) is 7.73. The first kappa shape index (κ1) is 20.6. The lowest BCUT2D eigenvalue weighted by Gasteiger charge is -2.49. The lowest BCUT2D eigenvalue weighted by Crippen LogP contribution is -2.31. The van der Waals surface area contributed by atoms with Crippen molar-refractivity contribution >= 4 is 14.7 Å². The van der Waals surface area contributed by atoms with Crippen molar-refractivity contribution in [2.75, 3.05) is 6.61 Å². The molecule has 0 aromatic carbocycles. The third-order valence-corrected chi connectivity index (χ3v) is 16.4. The van der Waals surface area contributed by atoms with Crippen molar-refractivity contribution in [2.24, 2.45) is 0 Å². The second kappa shape index (κ2) is 6.80. The predicted molar refractivity (Wildman–Crippen MR) is 94.6 cm³/mol. The summed E-state index contributed by atoms with van der Waals surface area (Å²) in [5, 5.41) is -0.508. The van der Waals surface area contributed by atoms with Gasteiger partial charge in [-0.05, 0) is 6.42 Å². The van der Waals surface area contributed by atoms with Crippen molar-refractivity contribution in [3.05, 3.63) is 0 Å². The Labute approximate surface area is 128 Å². The molecule has 0 aromatic heterocycles. The molecule has 0 aliphatic rings. The first-order valence-corrected chi connectivity index (χ1v) is 11.4. The highest BCUT2D eigenvalue weighted by Gasteiger charge is 2.55. The fourth-order valence-corrected chi connectivity index (χ4v) is 13.9. The molecule has 0 fully saturated rings. The molecule has 0 N–H and O–H groups in total. The average molecular weight is 322 g/mol. The molecule has 0 aromatic rings. The van der Waals surface area contributed by atoms with E-state index in [1.54, 1.807) is 0 Å². The molecule has 0 radical (unpaired) electrons. The highest BCUT2D eigenvalue weighted by Crippen LogP contribution is 2.90. The molecule has 0 bridgehead atoms. The van der Waals surface area contributed by atoms with Crippen LogP contribution in [0.1, 0.15) is 82.1 Å². The Morgan fingerprint density at radius 3 is 1.55 bits per heavy atom. The molecule has 0 spiro atoms. The molecule has 4 heteroatoms. The molecule has 122 valence electrons. The SMILES string of the molecule is CCCCOP(C(C)(C)C)P(=O)(C(C)(C)C)C(C)(C)C. The van der Waals surface area contributed by atoms with Crippen molar-refractivity contribution in [3.63, 3.8) is 0 Å². The van der Waals surface area contributed by atoms with Gasteiger partial charge in [-0.15, -0.1) is 0 Å². The van der Waals surface area contributed by atoms with Crippen LogP contribution in [0.5, 0.6) is 0 Å². The van der Waals surface area contributed by atoms with E-state index >= 15 is 0 Å². The number of unbranched alkanes of at least 4 members (excludes halogenated alkanes) is 1. The van der Waals surface area contributed by atoms with E-state index in [-0.39, 0.29) is 15.5 Å². The Bertz CT molecular complexity index is 325. The van der Waals surface area contributed by atoms with E-state index in [0.717, 1.165) is 19.4 Å². The van der Waals surface area contributed by atoms with E-state index in [2.05, 4.69) is 69.2 Å². The quantitative estimate of drug-likeness (QED) is 0.407. The van der Waals surface area contributed by atoms with Gasteiger partial charge in [-0.1, -0.05) is 75.7 Å². The molecule has 0 amide bonds. The molecule has 2 nitrogen and oxygen atoms in total. The largest absolute Gasteiger partial charge is 0.351 e. The molecule has 1 unspecified atom stereocenters. The minimum atomic E-state index is -2.52. The lowest BCUT2D eigenvalue weighted by atomic mass is 10.2. The zero-order chi connectivity index (χ0) is 16.4. The molecule has 0 saturated heterocycles. The summed E-state index contributed by atoms with van der Waals surface area (Å²) in [5.74, 6) is 0. The van der Waals surface area contributed by atoms with Crippen LogP contribution in [0.2, 0.25) is 0 Å². The molecule has 0 aliphatic heterocycles. The van der Waals surface area contributed by atoms with Gasteiger partial charge in [-0.3, -0.25) is 0 Å². The van der Waals surface area contributed by atoms with Gasteiger partial charge < -0.3 is 9.09 Å². The van der Waals surface area contributed by atoms with E-state index in [1.165, 1.54) is 0 Å². The van der Waals surface area contributed by atoms with Crippen LogP contribution >= 0.6 is 14.7 Å². The van der Waals surface area contributed by atoms with Gasteiger partial charge in [0.05, 0.1) is 14.4 Å². The molecular weight excluding hydrogens is 286 g/mol. The number of rotatable bonds is 5. The minimum Gasteiger partial charge on any atom is -0.351 e. The molecule has 0 aliphatic carbocycles.